The third kappa shape index (κ3) is 4.58. The van der Waals surface area contributed by atoms with E-state index >= 15 is 0 Å². The molecule has 7 nitrogen and oxygen atoms in total. The van der Waals surface area contributed by atoms with Gasteiger partial charge in [-0.1, -0.05) is 56.3 Å². The van der Waals surface area contributed by atoms with Gasteiger partial charge in [-0.05, 0) is 29.2 Å². The van der Waals surface area contributed by atoms with Gasteiger partial charge < -0.3 is 10.1 Å². The molecular formula is C20H20N4O3. The highest BCUT2D eigenvalue weighted by atomic mass is 16.6. The zero-order chi connectivity index (χ0) is 19.2. The van der Waals surface area contributed by atoms with E-state index in [0.29, 0.717) is 18.2 Å². The van der Waals surface area contributed by atoms with Crippen molar-refractivity contribution in [3.63, 3.8) is 0 Å². The number of nitro groups is 1. The quantitative estimate of drug-likeness (QED) is 0.473. The fraction of sp³-hybridized carbons (Fsp3) is 0.200. The number of hydrogen-bond acceptors (Lipinski definition) is 6. The van der Waals surface area contributed by atoms with Crippen LogP contribution in [0.15, 0.2) is 60.9 Å². The molecule has 0 aliphatic heterocycles. The highest BCUT2D eigenvalue weighted by molar-refractivity contribution is 5.62. The van der Waals surface area contributed by atoms with Crippen molar-refractivity contribution in [2.45, 2.75) is 26.3 Å². The van der Waals surface area contributed by atoms with E-state index in [2.05, 4.69) is 29.1 Å². The highest BCUT2D eigenvalue weighted by Gasteiger charge is 2.25. The van der Waals surface area contributed by atoms with Crippen LogP contribution in [-0.2, 0) is 6.54 Å². The van der Waals surface area contributed by atoms with Crippen LogP contribution in [0.5, 0.6) is 11.6 Å². The predicted molar refractivity (Wildman–Crippen MR) is 103 cm³/mol. The van der Waals surface area contributed by atoms with Crippen LogP contribution in [0, 0.1) is 10.1 Å². The molecule has 0 saturated carbocycles. The number of nitrogens with one attached hydrogen (secondary N) is 1. The van der Waals surface area contributed by atoms with E-state index in [9.17, 15) is 10.1 Å². The maximum absolute atomic E-state index is 11.6. The largest absolute Gasteiger partial charge is 0.434 e. The summed E-state index contributed by atoms with van der Waals surface area (Å²) in [6, 6.07) is 17.0. The summed E-state index contributed by atoms with van der Waals surface area (Å²) in [6.45, 7) is 4.59. The van der Waals surface area contributed by atoms with Crippen LogP contribution in [0.25, 0.3) is 0 Å². The normalized spacial score (nSPS) is 10.6. The monoisotopic (exact) mass is 364 g/mol. The Morgan fingerprint density at radius 1 is 1.07 bits per heavy atom. The number of anilines is 1. The first-order chi connectivity index (χ1) is 13.0. The van der Waals surface area contributed by atoms with Gasteiger partial charge in [0.15, 0.2) is 0 Å². The minimum atomic E-state index is -0.537. The van der Waals surface area contributed by atoms with Crippen LogP contribution in [0.1, 0.15) is 30.9 Å². The molecular weight excluding hydrogens is 344 g/mol. The van der Waals surface area contributed by atoms with Crippen LogP contribution < -0.4 is 10.1 Å². The van der Waals surface area contributed by atoms with Gasteiger partial charge in [0.1, 0.15) is 12.1 Å². The van der Waals surface area contributed by atoms with E-state index in [-0.39, 0.29) is 17.4 Å². The molecule has 7 heteroatoms. The lowest BCUT2D eigenvalue weighted by Gasteiger charge is -2.10. The van der Waals surface area contributed by atoms with Gasteiger partial charge in [0.2, 0.25) is 5.82 Å². The zero-order valence-electron chi connectivity index (χ0n) is 15.1. The lowest BCUT2D eigenvalue weighted by Crippen LogP contribution is -2.07. The van der Waals surface area contributed by atoms with E-state index in [0.717, 1.165) is 11.1 Å². The van der Waals surface area contributed by atoms with Gasteiger partial charge >= 0.3 is 11.6 Å². The molecule has 0 atom stereocenters. The smallest absolute Gasteiger partial charge is 0.373 e. The molecule has 138 valence electrons. The Morgan fingerprint density at radius 2 is 1.78 bits per heavy atom. The molecule has 0 bridgehead atoms. The minimum absolute atomic E-state index is 0.0946. The van der Waals surface area contributed by atoms with Crippen LogP contribution in [0.2, 0.25) is 0 Å². The molecule has 0 saturated heterocycles. The first kappa shape index (κ1) is 18.3. The molecule has 0 fully saturated rings. The van der Waals surface area contributed by atoms with Crippen LogP contribution >= 0.6 is 0 Å². The van der Waals surface area contributed by atoms with E-state index in [1.165, 1.54) is 6.33 Å². The van der Waals surface area contributed by atoms with Crippen molar-refractivity contribution in [2.75, 3.05) is 5.32 Å². The molecule has 1 N–H and O–H groups in total. The Labute approximate surface area is 157 Å². The average Bonchev–Trinajstić information content (AvgIpc) is 2.67. The van der Waals surface area contributed by atoms with Crippen molar-refractivity contribution in [2.24, 2.45) is 0 Å². The average molecular weight is 364 g/mol. The van der Waals surface area contributed by atoms with Crippen LogP contribution in [0.4, 0.5) is 11.5 Å². The molecule has 1 aromatic heterocycles. The third-order valence-corrected chi connectivity index (χ3v) is 4.04. The van der Waals surface area contributed by atoms with Crippen LogP contribution in [-0.4, -0.2) is 14.9 Å². The van der Waals surface area contributed by atoms with Gasteiger partial charge in [-0.15, -0.1) is 0 Å². The third-order valence-electron chi connectivity index (χ3n) is 4.04. The number of aromatic nitrogens is 2. The number of benzene rings is 2. The number of hydrogen-bond donors (Lipinski definition) is 1. The van der Waals surface area contributed by atoms with E-state index < -0.39 is 4.92 Å². The molecule has 3 rings (SSSR count). The molecule has 0 aliphatic carbocycles. The van der Waals surface area contributed by atoms with Crippen molar-refractivity contribution in [3.8, 4) is 11.6 Å². The van der Waals surface area contributed by atoms with Gasteiger partial charge in [0, 0.05) is 6.54 Å². The van der Waals surface area contributed by atoms with Gasteiger partial charge in [-0.3, -0.25) is 10.1 Å². The summed E-state index contributed by atoms with van der Waals surface area (Å²) in [5.74, 6) is 0.895. The lowest BCUT2D eigenvalue weighted by atomic mass is 10.0. The molecule has 0 aliphatic rings. The van der Waals surface area contributed by atoms with Crippen molar-refractivity contribution < 1.29 is 9.66 Å². The topological polar surface area (TPSA) is 90.2 Å². The Hall–Kier alpha value is -3.48. The van der Waals surface area contributed by atoms with Crippen molar-refractivity contribution in [3.05, 3.63) is 82.2 Å². The van der Waals surface area contributed by atoms with Gasteiger partial charge in [-0.2, -0.15) is 4.98 Å². The second kappa shape index (κ2) is 8.27. The fourth-order valence-electron chi connectivity index (χ4n) is 2.55. The summed E-state index contributed by atoms with van der Waals surface area (Å²) < 4.78 is 5.67. The highest BCUT2D eigenvalue weighted by Crippen LogP contribution is 2.34. The van der Waals surface area contributed by atoms with Gasteiger partial charge in [0.05, 0.1) is 4.92 Å². The van der Waals surface area contributed by atoms with Crippen molar-refractivity contribution in [1.82, 2.24) is 9.97 Å². The Morgan fingerprint density at radius 3 is 2.41 bits per heavy atom. The summed E-state index contributed by atoms with van der Waals surface area (Å²) in [7, 11) is 0. The minimum Gasteiger partial charge on any atom is -0.434 e. The number of nitrogens with zero attached hydrogens (tertiary/aromatic N) is 3. The van der Waals surface area contributed by atoms with Crippen LogP contribution in [0.3, 0.4) is 0 Å². The maximum Gasteiger partial charge on any atom is 0.373 e. The Kier molecular flexibility index (Phi) is 5.61. The molecule has 27 heavy (non-hydrogen) atoms. The fourth-order valence-corrected chi connectivity index (χ4v) is 2.55. The summed E-state index contributed by atoms with van der Waals surface area (Å²) >= 11 is 0. The second-order valence-corrected chi connectivity index (χ2v) is 6.30. The molecule has 0 amide bonds. The molecule has 2 aromatic carbocycles. The Bertz CT molecular complexity index is 912. The summed E-state index contributed by atoms with van der Waals surface area (Å²) in [5, 5.41) is 14.6. The maximum atomic E-state index is 11.6. The molecule has 1 heterocycles. The predicted octanol–water partition coefficient (Wildman–Crippen LogP) is 4.91. The zero-order valence-corrected chi connectivity index (χ0v) is 15.1. The standard InChI is InChI=1S/C20H20N4O3/c1-14(2)16-8-10-17(11-9-16)27-20-18(24(25)26)19(22-13-23-20)21-12-15-6-4-3-5-7-15/h3-11,13-14H,12H2,1-2H3,(H,21,22,23). The summed E-state index contributed by atoms with van der Waals surface area (Å²) in [6.07, 6.45) is 1.25. The number of ether oxygens (including phenoxy) is 1. The SMILES string of the molecule is CC(C)c1ccc(Oc2ncnc(NCc3ccccc3)c2[N+](=O)[O-])cc1. The molecule has 0 radical (unpaired) electrons. The molecule has 0 unspecified atom stereocenters. The number of rotatable bonds is 7. The van der Waals surface area contributed by atoms with Crippen molar-refractivity contribution in [1.29, 1.82) is 0 Å². The molecule has 0 spiro atoms. The second-order valence-electron chi connectivity index (χ2n) is 6.30. The van der Waals surface area contributed by atoms with E-state index in [4.69, 9.17) is 4.74 Å². The van der Waals surface area contributed by atoms with Gasteiger partial charge in [0.25, 0.3) is 0 Å². The van der Waals surface area contributed by atoms with E-state index in [1.54, 1.807) is 12.1 Å². The summed E-state index contributed by atoms with van der Waals surface area (Å²) in [4.78, 5) is 19.0. The van der Waals surface area contributed by atoms with E-state index in [1.807, 2.05) is 42.5 Å². The molecule has 3 aromatic rings. The van der Waals surface area contributed by atoms with Gasteiger partial charge in [-0.25, -0.2) is 4.98 Å². The first-order valence-corrected chi connectivity index (χ1v) is 8.59. The first-order valence-electron chi connectivity index (χ1n) is 8.59. The Balaban J connectivity index is 1.83. The van der Waals surface area contributed by atoms with Crippen molar-refractivity contribution >= 4 is 11.5 Å². The lowest BCUT2D eigenvalue weighted by molar-refractivity contribution is -0.385. The summed E-state index contributed by atoms with van der Waals surface area (Å²) in [5.41, 5.74) is 1.85.